The van der Waals surface area contributed by atoms with E-state index < -0.39 is 5.91 Å². The van der Waals surface area contributed by atoms with Gasteiger partial charge in [0.1, 0.15) is 5.76 Å². The molecule has 1 heterocycles. The summed E-state index contributed by atoms with van der Waals surface area (Å²) in [5, 5.41) is 6.36. The van der Waals surface area contributed by atoms with Crippen molar-refractivity contribution in [3.63, 3.8) is 0 Å². The molecular weight excluding hydrogens is 246 g/mol. The zero-order valence-corrected chi connectivity index (χ0v) is 10.3. The molecule has 1 aromatic carbocycles. The Morgan fingerprint density at radius 2 is 2.11 bits per heavy atom. The van der Waals surface area contributed by atoms with Gasteiger partial charge in [0.15, 0.2) is 0 Å². The van der Waals surface area contributed by atoms with E-state index in [1.807, 2.05) is 0 Å². The molecule has 98 valence electrons. The summed E-state index contributed by atoms with van der Waals surface area (Å²) < 4.78 is 4.87. The number of carbonyl (C=O) groups is 2. The van der Waals surface area contributed by atoms with Crippen LogP contribution in [-0.4, -0.2) is 17.0 Å². The second-order valence-electron chi connectivity index (χ2n) is 4.06. The van der Waals surface area contributed by atoms with E-state index in [1.165, 1.54) is 0 Å². The maximum absolute atomic E-state index is 11.8. The molecule has 2 rings (SSSR count). The van der Waals surface area contributed by atoms with Crippen LogP contribution in [-0.2, 0) is 11.2 Å². The van der Waals surface area contributed by atoms with Gasteiger partial charge in [-0.1, -0.05) is 17.3 Å². The van der Waals surface area contributed by atoms with Crippen molar-refractivity contribution >= 4 is 17.5 Å². The minimum atomic E-state index is -0.590. The summed E-state index contributed by atoms with van der Waals surface area (Å²) in [4.78, 5) is 23.0. The summed E-state index contributed by atoms with van der Waals surface area (Å²) in [6, 6.07) is 8.24. The van der Waals surface area contributed by atoms with Crippen molar-refractivity contribution in [3.8, 4) is 0 Å². The van der Waals surface area contributed by atoms with Gasteiger partial charge in [-0.05, 0) is 19.1 Å². The molecule has 6 nitrogen and oxygen atoms in total. The van der Waals surface area contributed by atoms with Crippen LogP contribution in [0.1, 0.15) is 21.8 Å². The van der Waals surface area contributed by atoms with Crippen molar-refractivity contribution < 1.29 is 14.1 Å². The van der Waals surface area contributed by atoms with Crippen LogP contribution in [0.15, 0.2) is 34.9 Å². The average molecular weight is 259 g/mol. The van der Waals surface area contributed by atoms with Gasteiger partial charge in [0, 0.05) is 6.07 Å². The zero-order valence-electron chi connectivity index (χ0n) is 10.3. The van der Waals surface area contributed by atoms with Gasteiger partial charge in [0.05, 0.1) is 23.4 Å². The number of carbonyl (C=O) groups excluding carboxylic acids is 2. The monoisotopic (exact) mass is 259 g/mol. The number of aryl methyl sites for hydroxylation is 1. The van der Waals surface area contributed by atoms with Gasteiger partial charge in [-0.15, -0.1) is 0 Å². The molecule has 6 heteroatoms. The SMILES string of the molecule is Cc1cc(CC(=O)Nc2ccccc2C(N)=O)no1. The molecule has 0 aliphatic rings. The summed E-state index contributed by atoms with van der Waals surface area (Å²) in [5.74, 6) is -0.240. The van der Waals surface area contributed by atoms with E-state index in [0.29, 0.717) is 17.1 Å². The number of nitrogens with one attached hydrogen (secondary N) is 1. The quantitative estimate of drug-likeness (QED) is 0.863. The molecule has 2 amide bonds. The Balaban J connectivity index is 2.09. The molecule has 0 saturated carbocycles. The standard InChI is InChI=1S/C13H13N3O3/c1-8-6-9(16-19-8)7-12(17)15-11-5-3-2-4-10(11)13(14)18/h2-6H,7H2,1H3,(H2,14,18)(H,15,17). The minimum Gasteiger partial charge on any atom is -0.366 e. The third kappa shape index (κ3) is 3.19. The first kappa shape index (κ1) is 12.8. The van der Waals surface area contributed by atoms with Gasteiger partial charge in [0.2, 0.25) is 5.91 Å². The van der Waals surface area contributed by atoms with Gasteiger partial charge in [-0.3, -0.25) is 9.59 Å². The van der Waals surface area contributed by atoms with E-state index in [9.17, 15) is 9.59 Å². The lowest BCUT2D eigenvalue weighted by Gasteiger charge is -2.07. The Kier molecular flexibility index (Phi) is 3.61. The van der Waals surface area contributed by atoms with E-state index in [1.54, 1.807) is 37.3 Å². The predicted octanol–water partition coefficient (Wildman–Crippen LogP) is 1.26. The topological polar surface area (TPSA) is 98.2 Å². The Morgan fingerprint density at radius 1 is 1.37 bits per heavy atom. The van der Waals surface area contributed by atoms with Crippen LogP contribution in [0.3, 0.4) is 0 Å². The van der Waals surface area contributed by atoms with Crippen LogP contribution in [0.5, 0.6) is 0 Å². The number of para-hydroxylation sites is 1. The van der Waals surface area contributed by atoms with Gasteiger partial charge in [0.25, 0.3) is 5.91 Å². The molecule has 0 aliphatic heterocycles. The maximum Gasteiger partial charge on any atom is 0.250 e. The molecule has 0 saturated heterocycles. The molecule has 0 radical (unpaired) electrons. The van der Waals surface area contributed by atoms with Gasteiger partial charge < -0.3 is 15.6 Å². The molecule has 3 N–H and O–H groups in total. The van der Waals surface area contributed by atoms with Gasteiger partial charge >= 0.3 is 0 Å². The Bertz CT molecular complexity index is 619. The van der Waals surface area contributed by atoms with Crippen molar-refractivity contribution in [2.45, 2.75) is 13.3 Å². The van der Waals surface area contributed by atoms with Gasteiger partial charge in [-0.25, -0.2) is 0 Å². The highest BCUT2D eigenvalue weighted by atomic mass is 16.5. The number of anilines is 1. The fourth-order valence-corrected chi connectivity index (χ4v) is 1.67. The van der Waals surface area contributed by atoms with Crippen molar-refractivity contribution in [2.75, 3.05) is 5.32 Å². The smallest absolute Gasteiger partial charge is 0.250 e. The molecule has 2 aromatic rings. The third-order valence-corrected chi connectivity index (χ3v) is 2.49. The Hall–Kier alpha value is -2.63. The number of hydrogen-bond acceptors (Lipinski definition) is 4. The number of rotatable bonds is 4. The maximum atomic E-state index is 11.8. The van der Waals surface area contributed by atoms with Crippen LogP contribution in [0, 0.1) is 6.92 Å². The zero-order chi connectivity index (χ0) is 13.8. The number of primary amides is 1. The Morgan fingerprint density at radius 3 is 2.74 bits per heavy atom. The lowest BCUT2D eigenvalue weighted by atomic mass is 10.1. The molecule has 0 fully saturated rings. The van der Waals surface area contributed by atoms with Crippen LogP contribution >= 0.6 is 0 Å². The number of hydrogen-bond donors (Lipinski definition) is 2. The summed E-state index contributed by atoms with van der Waals surface area (Å²) in [6.07, 6.45) is 0.0738. The highest BCUT2D eigenvalue weighted by molar-refractivity contribution is 6.03. The third-order valence-electron chi connectivity index (χ3n) is 2.49. The fourth-order valence-electron chi connectivity index (χ4n) is 1.67. The molecule has 0 spiro atoms. The normalized spacial score (nSPS) is 10.2. The molecule has 0 bridgehead atoms. The minimum absolute atomic E-state index is 0.0738. The number of benzene rings is 1. The number of amides is 2. The molecular formula is C13H13N3O3. The lowest BCUT2D eigenvalue weighted by Crippen LogP contribution is -2.19. The van der Waals surface area contributed by atoms with E-state index >= 15 is 0 Å². The van der Waals surface area contributed by atoms with Crippen molar-refractivity contribution in [1.29, 1.82) is 0 Å². The number of aromatic nitrogens is 1. The highest BCUT2D eigenvalue weighted by Gasteiger charge is 2.12. The van der Waals surface area contributed by atoms with Crippen molar-refractivity contribution in [3.05, 3.63) is 47.3 Å². The molecule has 1 aromatic heterocycles. The first-order valence-electron chi connectivity index (χ1n) is 5.67. The molecule has 0 atom stereocenters. The second-order valence-corrected chi connectivity index (χ2v) is 4.06. The van der Waals surface area contributed by atoms with E-state index in [0.717, 1.165) is 0 Å². The van der Waals surface area contributed by atoms with Crippen LogP contribution in [0.2, 0.25) is 0 Å². The predicted molar refractivity (Wildman–Crippen MR) is 68.5 cm³/mol. The molecule has 0 unspecified atom stereocenters. The number of nitrogens with zero attached hydrogens (tertiary/aromatic N) is 1. The summed E-state index contributed by atoms with van der Waals surface area (Å²) in [6.45, 7) is 1.75. The van der Waals surface area contributed by atoms with Crippen molar-refractivity contribution in [2.24, 2.45) is 5.73 Å². The van der Waals surface area contributed by atoms with Crippen LogP contribution in [0.25, 0.3) is 0 Å². The first-order chi connectivity index (χ1) is 9.06. The summed E-state index contributed by atoms with van der Waals surface area (Å²) in [5.41, 5.74) is 6.42. The largest absolute Gasteiger partial charge is 0.366 e. The second kappa shape index (κ2) is 5.34. The summed E-state index contributed by atoms with van der Waals surface area (Å²) >= 11 is 0. The number of nitrogens with two attached hydrogens (primary N) is 1. The van der Waals surface area contributed by atoms with Crippen molar-refractivity contribution in [1.82, 2.24) is 5.16 Å². The van der Waals surface area contributed by atoms with E-state index in [4.69, 9.17) is 10.3 Å². The van der Waals surface area contributed by atoms with E-state index in [2.05, 4.69) is 10.5 Å². The average Bonchev–Trinajstić information content (AvgIpc) is 2.75. The molecule has 19 heavy (non-hydrogen) atoms. The Labute approximate surface area is 109 Å². The first-order valence-corrected chi connectivity index (χ1v) is 5.67. The lowest BCUT2D eigenvalue weighted by molar-refractivity contribution is -0.115. The van der Waals surface area contributed by atoms with Gasteiger partial charge in [-0.2, -0.15) is 0 Å². The van der Waals surface area contributed by atoms with E-state index in [-0.39, 0.29) is 17.9 Å². The fraction of sp³-hybridized carbons (Fsp3) is 0.154. The summed E-state index contributed by atoms with van der Waals surface area (Å²) in [7, 11) is 0. The highest BCUT2D eigenvalue weighted by Crippen LogP contribution is 2.14. The van der Waals surface area contributed by atoms with Crippen LogP contribution in [0.4, 0.5) is 5.69 Å². The van der Waals surface area contributed by atoms with Crippen LogP contribution < -0.4 is 11.1 Å². The molecule has 0 aliphatic carbocycles.